The summed E-state index contributed by atoms with van der Waals surface area (Å²) in [7, 11) is 1.64. The first-order chi connectivity index (χ1) is 12.7. The van der Waals surface area contributed by atoms with E-state index in [1.54, 1.807) is 31.4 Å². The largest absolute Gasteiger partial charge is 0.593 e. The fourth-order valence-electron chi connectivity index (χ4n) is 1.79. The highest BCUT2D eigenvalue weighted by Crippen LogP contribution is 2.10. The fraction of sp³-hybridized carbons (Fsp3) is 0.647. The molecule has 3 N–H and O–H groups in total. The summed E-state index contributed by atoms with van der Waals surface area (Å²) in [6.45, 7) is 5.23. The molecule has 0 bridgehead atoms. The van der Waals surface area contributed by atoms with Gasteiger partial charge in [-0.2, -0.15) is 0 Å². The minimum atomic E-state index is -1.26. The normalized spacial score (nSPS) is 12.4. The number of methoxy groups -OCH3 is 1. The Balaban J connectivity index is 1.81. The van der Waals surface area contributed by atoms with Crippen molar-refractivity contribution in [2.24, 2.45) is 0 Å². The van der Waals surface area contributed by atoms with Crippen LogP contribution >= 0.6 is 0 Å². The molecule has 1 aromatic rings. The molecule has 0 aromatic heterocycles. The summed E-state index contributed by atoms with van der Waals surface area (Å²) in [6, 6.07) is 6.92. The molecule has 0 spiro atoms. The number of benzene rings is 1. The van der Waals surface area contributed by atoms with Crippen LogP contribution in [-0.2, 0) is 35.0 Å². The van der Waals surface area contributed by atoms with Crippen LogP contribution < -0.4 is 10.5 Å². The molecule has 8 nitrogen and oxygen atoms in total. The Morgan fingerprint density at radius 1 is 0.808 bits per heavy atom. The van der Waals surface area contributed by atoms with E-state index in [2.05, 4.69) is 4.72 Å². The summed E-state index contributed by atoms with van der Waals surface area (Å²) in [4.78, 5) is 0.687. The highest BCUT2D eigenvalue weighted by atomic mass is 32.2. The van der Waals surface area contributed by atoms with Gasteiger partial charge in [-0.1, -0.05) is 0 Å². The Morgan fingerprint density at radius 2 is 1.27 bits per heavy atom. The zero-order valence-electron chi connectivity index (χ0n) is 15.3. The van der Waals surface area contributed by atoms with Crippen molar-refractivity contribution < 1.29 is 28.2 Å². The highest BCUT2D eigenvalue weighted by Gasteiger charge is 2.09. The van der Waals surface area contributed by atoms with Crippen molar-refractivity contribution in [2.45, 2.75) is 4.90 Å². The monoisotopic (exact) mass is 390 g/mol. The number of anilines is 1. The zero-order chi connectivity index (χ0) is 18.9. The molecule has 26 heavy (non-hydrogen) atoms. The van der Waals surface area contributed by atoms with Crippen molar-refractivity contribution in [1.29, 1.82) is 0 Å². The van der Waals surface area contributed by atoms with E-state index in [1.807, 2.05) is 0 Å². The molecule has 1 atom stereocenters. The van der Waals surface area contributed by atoms with Gasteiger partial charge in [0.2, 0.25) is 0 Å². The van der Waals surface area contributed by atoms with Crippen LogP contribution in [0.5, 0.6) is 0 Å². The van der Waals surface area contributed by atoms with Crippen LogP contribution in [0.4, 0.5) is 5.69 Å². The topological polar surface area (TPSA) is 107 Å². The number of nitrogens with one attached hydrogen (secondary N) is 1. The number of nitrogens with two attached hydrogens (primary N) is 1. The molecule has 0 radical (unpaired) electrons. The van der Waals surface area contributed by atoms with E-state index in [4.69, 9.17) is 29.4 Å². The average Bonchev–Trinajstić information content (AvgIpc) is 2.65. The predicted octanol–water partition coefficient (Wildman–Crippen LogP) is 0.594. The lowest BCUT2D eigenvalue weighted by Gasteiger charge is -2.11. The van der Waals surface area contributed by atoms with Crippen LogP contribution in [0.3, 0.4) is 0 Å². The van der Waals surface area contributed by atoms with E-state index in [-0.39, 0.29) is 0 Å². The molecule has 1 aromatic carbocycles. The van der Waals surface area contributed by atoms with Crippen molar-refractivity contribution in [2.75, 3.05) is 78.9 Å². The van der Waals surface area contributed by atoms with Gasteiger partial charge in [-0.05, 0) is 24.3 Å². The maximum absolute atomic E-state index is 11.9. The van der Waals surface area contributed by atoms with Crippen LogP contribution in [0.15, 0.2) is 29.2 Å². The average molecular weight is 391 g/mol. The van der Waals surface area contributed by atoms with Gasteiger partial charge in [0.25, 0.3) is 0 Å². The van der Waals surface area contributed by atoms with Gasteiger partial charge in [0.1, 0.15) is 0 Å². The molecule has 0 aliphatic rings. The molecule has 0 saturated carbocycles. The Kier molecular flexibility index (Phi) is 14.5. The van der Waals surface area contributed by atoms with E-state index < -0.39 is 11.4 Å². The second-order valence-corrected chi connectivity index (χ2v) is 6.47. The smallest absolute Gasteiger partial charge is 0.174 e. The van der Waals surface area contributed by atoms with Gasteiger partial charge in [0.05, 0.1) is 77.4 Å². The molecule has 9 heteroatoms. The molecule has 0 amide bonds. The predicted molar refractivity (Wildman–Crippen MR) is 100 cm³/mol. The number of rotatable bonds is 17. The van der Waals surface area contributed by atoms with Crippen molar-refractivity contribution in [3.63, 3.8) is 0 Å². The second-order valence-electron chi connectivity index (χ2n) is 5.17. The number of hydrogen-bond donors (Lipinski definition) is 2. The molecule has 0 fully saturated rings. The SMILES string of the molecule is COCCOCCOCCOCCOCCN[S+]([O-])c1ccc(N)cc1. The maximum atomic E-state index is 11.9. The third-order valence-electron chi connectivity index (χ3n) is 3.12. The summed E-state index contributed by atoms with van der Waals surface area (Å²) in [5.41, 5.74) is 6.24. The second kappa shape index (κ2) is 16.3. The molecular weight excluding hydrogens is 360 g/mol. The standard InChI is InChI=1S/C17H30N2O6S/c1-21-8-9-23-12-13-25-15-14-24-11-10-22-7-6-19-26(20)17-4-2-16(18)3-5-17/h2-5,19H,6-15,18H2,1H3. The summed E-state index contributed by atoms with van der Waals surface area (Å²) < 4.78 is 41.1. The van der Waals surface area contributed by atoms with Crippen molar-refractivity contribution in [3.8, 4) is 0 Å². The Morgan fingerprint density at radius 3 is 1.77 bits per heavy atom. The Labute approximate surface area is 158 Å². The highest BCUT2D eigenvalue weighted by molar-refractivity contribution is 7.89. The van der Waals surface area contributed by atoms with Gasteiger partial charge in [0, 0.05) is 12.8 Å². The molecular formula is C17H30N2O6S. The van der Waals surface area contributed by atoms with Crippen molar-refractivity contribution >= 4 is 17.0 Å². The first kappa shape index (κ1) is 23.1. The third-order valence-corrected chi connectivity index (χ3v) is 4.29. The lowest BCUT2D eigenvalue weighted by atomic mass is 10.3. The zero-order valence-corrected chi connectivity index (χ0v) is 16.1. The summed E-state index contributed by atoms with van der Waals surface area (Å²) in [5, 5.41) is 0. The van der Waals surface area contributed by atoms with Gasteiger partial charge in [-0.3, -0.25) is 0 Å². The number of hydrogen-bond acceptors (Lipinski definition) is 8. The molecule has 1 unspecified atom stereocenters. The van der Waals surface area contributed by atoms with Crippen LogP contribution in [0, 0.1) is 0 Å². The third kappa shape index (κ3) is 12.4. The quantitative estimate of drug-likeness (QED) is 0.226. The van der Waals surface area contributed by atoms with E-state index >= 15 is 0 Å². The van der Waals surface area contributed by atoms with Crippen LogP contribution in [0.2, 0.25) is 0 Å². The molecule has 0 saturated heterocycles. The van der Waals surface area contributed by atoms with Crippen LogP contribution in [-0.4, -0.2) is 77.7 Å². The summed E-state index contributed by atoms with van der Waals surface area (Å²) in [6.07, 6.45) is 0. The van der Waals surface area contributed by atoms with Crippen molar-refractivity contribution in [3.05, 3.63) is 24.3 Å². The van der Waals surface area contributed by atoms with Gasteiger partial charge in [-0.25, -0.2) is 0 Å². The molecule has 0 aliphatic carbocycles. The number of nitrogen functional groups attached to an aromatic ring is 1. The summed E-state index contributed by atoms with van der Waals surface area (Å²) >= 11 is -1.26. The molecule has 1 rings (SSSR count). The van der Waals surface area contributed by atoms with Gasteiger partial charge < -0.3 is 34.0 Å². The van der Waals surface area contributed by atoms with Crippen LogP contribution in [0.1, 0.15) is 0 Å². The molecule has 150 valence electrons. The lowest BCUT2D eigenvalue weighted by molar-refractivity contribution is -0.00729. The summed E-state index contributed by atoms with van der Waals surface area (Å²) in [5.74, 6) is 0. The fourth-order valence-corrected chi connectivity index (χ4v) is 2.60. The Hall–Kier alpha value is -0.910. The maximum Gasteiger partial charge on any atom is 0.174 e. The molecule has 0 heterocycles. The lowest BCUT2D eigenvalue weighted by Crippen LogP contribution is -2.27. The molecule has 0 aliphatic heterocycles. The van der Waals surface area contributed by atoms with E-state index in [0.717, 1.165) is 0 Å². The minimum Gasteiger partial charge on any atom is -0.593 e. The number of ether oxygens (including phenoxy) is 5. The first-order valence-electron chi connectivity index (χ1n) is 8.54. The van der Waals surface area contributed by atoms with E-state index in [0.29, 0.717) is 76.6 Å². The van der Waals surface area contributed by atoms with Crippen LogP contribution in [0.25, 0.3) is 0 Å². The van der Waals surface area contributed by atoms with Gasteiger partial charge >= 0.3 is 0 Å². The minimum absolute atomic E-state index is 0.458. The Bertz CT molecular complexity index is 438. The van der Waals surface area contributed by atoms with Gasteiger partial charge in [-0.15, -0.1) is 4.72 Å². The van der Waals surface area contributed by atoms with Gasteiger partial charge in [0.15, 0.2) is 4.90 Å². The first-order valence-corrected chi connectivity index (χ1v) is 9.69. The van der Waals surface area contributed by atoms with E-state index in [1.165, 1.54) is 0 Å². The van der Waals surface area contributed by atoms with E-state index in [9.17, 15) is 4.55 Å². The van der Waals surface area contributed by atoms with Crippen molar-refractivity contribution in [1.82, 2.24) is 4.72 Å².